The van der Waals surface area contributed by atoms with Gasteiger partial charge in [-0.1, -0.05) is 0 Å². The number of nitrogens with zero attached hydrogens (tertiary/aromatic N) is 2. The molecule has 0 aromatic heterocycles. The largest absolute Gasteiger partial charge is 0.342 e. The molecule has 1 aromatic carbocycles. The first-order valence-corrected chi connectivity index (χ1v) is 11.5. The average Bonchev–Trinajstić information content (AvgIpc) is 3.42. The molecule has 28 heavy (non-hydrogen) atoms. The first-order chi connectivity index (χ1) is 13.3. The van der Waals surface area contributed by atoms with Crippen molar-refractivity contribution in [1.29, 1.82) is 0 Å². The van der Waals surface area contributed by atoms with Gasteiger partial charge in [-0.2, -0.15) is 0 Å². The third kappa shape index (κ3) is 3.67. The van der Waals surface area contributed by atoms with Crippen LogP contribution in [0.1, 0.15) is 45.1 Å². The Kier molecular flexibility index (Phi) is 4.95. The smallest absolute Gasteiger partial charge is 0.240 e. The normalized spacial score (nSPS) is 23.0. The minimum Gasteiger partial charge on any atom is -0.342 e. The van der Waals surface area contributed by atoms with E-state index in [0.29, 0.717) is 32.4 Å². The second-order valence-corrected chi connectivity index (χ2v) is 9.94. The van der Waals surface area contributed by atoms with E-state index in [0.717, 1.165) is 24.1 Å². The number of carbonyl (C=O) groups is 2. The van der Waals surface area contributed by atoms with Crippen LogP contribution in [0.4, 0.5) is 5.69 Å². The summed E-state index contributed by atoms with van der Waals surface area (Å²) in [5.74, 6) is 0.396. The van der Waals surface area contributed by atoms with Crippen LogP contribution >= 0.6 is 0 Å². The molecule has 0 spiro atoms. The maximum atomic E-state index is 12.9. The van der Waals surface area contributed by atoms with Gasteiger partial charge in [0.2, 0.25) is 21.8 Å². The number of anilines is 1. The van der Waals surface area contributed by atoms with Gasteiger partial charge < -0.3 is 9.80 Å². The molecule has 2 fully saturated rings. The van der Waals surface area contributed by atoms with E-state index in [9.17, 15) is 18.0 Å². The number of benzene rings is 1. The van der Waals surface area contributed by atoms with Gasteiger partial charge >= 0.3 is 0 Å². The van der Waals surface area contributed by atoms with E-state index in [-0.39, 0.29) is 34.7 Å². The van der Waals surface area contributed by atoms with Crippen LogP contribution in [0.3, 0.4) is 0 Å². The molecule has 8 heteroatoms. The molecule has 1 unspecified atom stereocenters. The van der Waals surface area contributed by atoms with Crippen LogP contribution in [0, 0.1) is 5.92 Å². The number of fused-ring (bicyclic) bond motifs is 1. The number of amides is 2. The maximum Gasteiger partial charge on any atom is 0.240 e. The van der Waals surface area contributed by atoms with Crippen molar-refractivity contribution < 1.29 is 18.0 Å². The molecule has 1 saturated heterocycles. The van der Waals surface area contributed by atoms with E-state index in [1.807, 2.05) is 11.8 Å². The topological polar surface area (TPSA) is 86.8 Å². The molecule has 1 aliphatic carbocycles. The third-order valence-electron chi connectivity index (χ3n) is 5.97. The minimum atomic E-state index is -3.64. The second-order valence-electron chi connectivity index (χ2n) is 8.23. The van der Waals surface area contributed by atoms with E-state index in [4.69, 9.17) is 0 Å². The molecule has 1 N–H and O–H groups in total. The minimum absolute atomic E-state index is 0.0340. The van der Waals surface area contributed by atoms with Crippen LogP contribution in [0.5, 0.6) is 0 Å². The van der Waals surface area contributed by atoms with E-state index in [1.165, 1.54) is 6.92 Å². The Morgan fingerprint density at radius 1 is 1.11 bits per heavy atom. The third-order valence-corrected chi connectivity index (χ3v) is 7.49. The SMILES string of the molecule is CC(=O)N1c2ccc(S(=O)(=O)NC3CCN(C(=O)C4CC4)CC3)cc2CC1C. The number of hydrogen-bond donors (Lipinski definition) is 1. The number of rotatable bonds is 4. The molecule has 4 rings (SSSR count). The zero-order valence-electron chi connectivity index (χ0n) is 16.3. The van der Waals surface area contributed by atoms with Crippen LogP contribution < -0.4 is 9.62 Å². The number of piperidine rings is 1. The summed E-state index contributed by atoms with van der Waals surface area (Å²) in [4.78, 5) is 27.8. The van der Waals surface area contributed by atoms with Crippen molar-refractivity contribution >= 4 is 27.5 Å². The molecule has 1 saturated carbocycles. The summed E-state index contributed by atoms with van der Waals surface area (Å²) in [6.07, 6.45) is 3.91. The van der Waals surface area contributed by atoms with Crippen LogP contribution in [0.25, 0.3) is 0 Å². The van der Waals surface area contributed by atoms with Crippen LogP contribution in [0.2, 0.25) is 0 Å². The number of likely N-dealkylation sites (tertiary alicyclic amines) is 1. The van der Waals surface area contributed by atoms with Crippen molar-refractivity contribution in [2.75, 3.05) is 18.0 Å². The van der Waals surface area contributed by atoms with Crippen molar-refractivity contribution in [2.45, 2.75) is 62.9 Å². The predicted octanol–water partition coefficient (Wildman–Crippen LogP) is 1.66. The fourth-order valence-corrected chi connectivity index (χ4v) is 5.70. The Morgan fingerprint density at radius 2 is 1.79 bits per heavy atom. The van der Waals surface area contributed by atoms with Gasteiger partial charge in [0.15, 0.2) is 0 Å². The molecule has 2 heterocycles. The Bertz CT molecular complexity index is 902. The molecule has 2 aliphatic heterocycles. The van der Waals surface area contributed by atoms with Crippen molar-refractivity contribution in [1.82, 2.24) is 9.62 Å². The number of hydrogen-bond acceptors (Lipinski definition) is 4. The number of sulfonamides is 1. The van der Waals surface area contributed by atoms with Gasteiger partial charge in [0, 0.05) is 43.7 Å². The summed E-state index contributed by atoms with van der Waals surface area (Å²) in [7, 11) is -3.64. The van der Waals surface area contributed by atoms with Crippen LogP contribution in [-0.2, 0) is 26.0 Å². The average molecular weight is 406 g/mol. The summed E-state index contributed by atoms with van der Waals surface area (Å²) in [6, 6.07) is 4.86. The zero-order chi connectivity index (χ0) is 20.1. The Morgan fingerprint density at radius 3 is 2.39 bits per heavy atom. The Hall–Kier alpha value is -1.93. The zero-order valence-corrected chi connectivity index (χ0v) is 17.2. The molecule has 1 aromatic rings. The van der Waals surface area contributed by atoms with Crippen LogP contribution in [-0.4, -0.2) is 50.3 Å². The molecular weight excluding hydrogens is 378 g/mol. The molecule has 7 nitrogen and oxygen atoms in total. The van der Waals surface area contributed by atoms with E-state index in [2.05, 4.69) is 4.72 Å². The van der Waals surface area contributed by atoms with Crippen molar-refractivity contribution in [3.63, 3.8) is 0 Å². The van der Waals surface area contributed by atoms with Gasteiger partial charge in [-0.05, 0) is 62.8 Å². The first-order valence-electron chi connectivity index (χ1n) is 10.00. The van der Waals surface area contributed by atoms with E-state index in [1.54, 1.807) is 23.1 Å². The van der Waals surface area contributed by atoms with Crippen LogP contribution in [0.15, 0.2) is 23.1 Å². The maximum absolute atomic E-state index is 12.9. The molecule has 2 amide bonds. The fraction of sp³-hybridized carbons (Fsp3) is 0.600. The summed E-state index contributed by atoms with van der Waals surface area (Å²) < 4.78 is 28.5. The van der Waals surface area contributed by atoms with E-state index < -0.39 is 10.0 Å². The first kappa shape index (κ1) is 19.4. The highest BCUT2D eigenvalue weighted by Gasteiger charge is 2.36. The predicted molar refractivity (Wildman–Crippen MR) is 105 cm³/mol. The van der Waals surface area contributed by atoms with E-state index >= 15 is 0 Å². The molecule has 1 atom stereocenters. The monoisotopic (exact) mass is 405 g/mol. The van der Waals surface area contributed by atoms with Crippen molar-refractivity contribution in [3.05, 3.63) is 23.8 Å². The molecule has 0 radical (unpaired) electrons. The lowest BCUT2D eigenvalue weighted by molar-refractivity contribution is -0.133. The van der Waals surface area contributed by atoms with Gasteiger partial charge in [0.25, 0.3) is 0 Å². The highest BCUT2D eigenvalue weighted by atomic mass is 32.2. The van der Waals surface area contributed by atoms with Gasteiger partial charge in [-0.15, -0.1) is 0 Å². The lowest BCUT2D eigenvalue weighted by Crippen LogP contribution is -2.46. The highest BCUT2D eigenvalue weighted by Crippen LogP contribution is 2.34. The number of nitrogens with one attached hydrogen (secondary N) is 1. The van der Waals surface area contributed by atoms with Gasteiger partial charge in [-0.25, -0.2) is 13.1 Å². The standard InChI is InChI=1S/C20H27N3O4S/c1-13-11-16-12-18(5-6-19(16)23(13)14(2)24)28(26,27)21-17-7-9-22(10-8-17)20(25)15-3-4-15/h5-6,12-13,15,17,21H,3-4,7-11H2,1-2H3. The second kappa shape index (κ2) is 7.15. The lowest BCUT2D eigenvalue weighted by atomic mass is 10.1. The van der Waals surface area contributed by atoms with Gasteiger partial charge in [-0.3, -0.25) is 9.59 Å². The van der Waals surface area contributed by atoms with Crippen molar-refractivity contribution in [2.24, 2.45) is 5.92 Å². The van der Waals surface area contributed by atoms with Gasteiger partial charge in [0.1, 0.15) is 0 Å². The van der Waals surface area contributed by atoms with Crippen molar-refractivity contribution in [3.8, 4) is 0 Å². The molecular formula is C20H27N3O4S. The fourth-order valence-electron chi connectivity index (χ4n) is 4.35. The molecule has 3 aliphatic rings. The molecule has 152 valence electrons. The highest BCUT2D eigenvalue weighted by molar-refractivity contribution is 7.89. The Labute approximate surface area is 166 Å². The lowest BCUT2D eigenvalue weighted by Gasteiger charge is -2.32. The quantitative estimate of drug-likeness (QED) is 0.825. The summed E-state index contributed by atoms with van der Waals surface area (Å²) in [6.45, 7) is 4.71. The summed E-state index contributed by atoms with van der Waals surface area (Å²) >= 11 is 0. The Balaban J connectivity index is 1.43. The van der Waals surface area contributed by atoms with Gasteiger partial charge in [0.05, 0.1) is 4.90 Å². The molecule has 0 bridgehead atoms. The number of carbonyl (C=O) groups excluding carboxylic acids is 2. The summed E-state index contributed by atoms with van der Waals surface area (Å²) in [5.41, 5.74) is 1.68. The summed E-state index contributed by atoms with van der Waals surface area (Å²) in [5, 5.41) is 0.